The third-order valence-corrected chi connectivity index (χ3v) is 3.51. The lowest BCUT2D eigenvalue weighted by Crippen LogP contribution is -2.38. The Kier molecular flexibility index (Phi) is 5.80. The first-order valence-electron chi connectivity index (χ1n) is 6.94. The Balaban J connectivity index is 2.92. The van der Waals surface area contributed by atoms with E-state index in [1.807, 2.05) is 7.05 Å². The highest BCUT2D eigenvalue weighted by atomic mass is 16.2. The van der Waals surface area contributed by atoms with Gasteiger partial charge in [0.05, 0.1) is 17.4 Å². The van der Waals surface area contributed by atoms with Crippen molar-refractivity contribution in [2.75, 3.05) is 18.9 Å². The Hall–Kier alpha value is -1.58. The molecule has 0 aliphatic heterocycles. The van der Waals surface area contributed by atoms with Gasteiger partial charge in [-0.2, -0.15) is 0 Å². The van der Waals surface area contributed by atoms with E-state index in [0.717, 1.165) is 18.7 Å². The van der Waals surface area contributed by atoms with Gasteiger partial charge in [0, 0.05) is 25.8 Å². The molecule has 1 heterocycles. The minimum atomic E-state index is 0.0437. The van der Waals surface area contributed by atoms with Crippen LogP contribution < -0.4 is 5.32 Å². The van der Waals surface area contributed by atoms with Gasteiger partial charge in [0.15, 0.2) is 0 Å². The third kappa shape index (κ3) is 3.94. The van der Waals surface area contributed by atoms with E-state index in [9.17, 15) is 4.79 Å². The summed E-state index contributed by atoms with van der Waals surface area (Å²) in [5.41, 5.74) is 1.51. The molecule has 4 nitrogen and oxygen atoms in total. The van der Waals surface area contributed by atoms with Gasteiger partial charge in [0.1, 0.15) is 0 Å². The number of nitrogens with zero attached hydrogens (tertiary/aromatic N) is 2. The maximum absolute atomic E-state index is 12.5. The first-order chi connectivity index (χ1) is 8.99. The van der Waals surface area contributed by atoms with Crippen LogP contribution in [0.25, 0.3) is 0 Å². The van der Waals surface area contributed by atoms with Crippen LogP contribution in [-0.2, 0) is 0 Å². The molecule has 4 heteroatoms. The number of anilines is 1. The number of hydrogen-bond acceptors (Lipinski definition) is 3. The average molecular weight is 263 g/mol. The Morgan fingerprint density at radius 1 is 1.42 bits per heavy atom. The fourth-order valence-corrected chi connectivity index (χ4v) is 1.80. The molecule has 0 fully saturated rings. The molecule has 0 aromatic carbocycles. The minimum absolute atomic E-state index is 0.0437. The Morgan fingerprint density at radius 2 is 2.11 bits per heavy atom. The first kappa shape index (κ1) is 15.5. The molecule has 0 aliphatic rings. The lowest BCUT2D eigenvalue weighted by Gasteiger charge is -2.28. The SMILES string of the molecule is CCCNc1cnccc1C(=O)N(C)C(C)C(C)C. The van der Waals surface area contributed by atoms with E-state index in [2.05, 4.69) is 38.0 Å². The second-order valence-corrected chi connectivity index (χ2v) is 5.25. The summed E-state index contributed by atoms with van der Waals surface area (Å²) in [6, 6.07) is 1.99. The first-order valence-corrected chi connectivity index (χ1v) is 6.94. The minimum Gasteiger partial charge on any atom is -0.383 e. The normalized spacial score (nSPS) is 12.3. The molecule has 19 heavy (non-hydrogen) atoms. The summed E-state index contributed by atoms with van der Waals surface area (Å²) in [4.78, 5) is 18.4. The topological polar surface area (TPSA) is 45.2 Å². The van der Waals surface area contributed by atoms with Gasteiger partial charge in [0.25, 0.3) is 5.91 Å². The molecule has 1 amide bonds. The van der Waals surface area contributed by atoms with Crippen molar-refractivity contribution in [3.8, 4) is 0 Å². The fraction of sp³-hybridized carbons (Fsp3) is 0.600. The van der Waals surface area contributed by atoms with Crippen molar-refractivity contribution < 1.29 is 4.79 Å². The van der Waals surface area contributed by atoms with Crippen molar-refractivity contribution >= 4 is 11.6 Å². The molecule has 1 rings (SSSR count). The van der Waals surface area contributed by atoms with Crippen LogP contribution >= 0.6 is 0 Å². The van der Waals surface area contributed by atoms with Crippen molar-refractivity contribution in [1.29, 1.82) is 0 Å². The molecular formula is C15H25N3O. The molecular weight excluding hydrogens is 238 g/mol. The number of amides is 1. The second kappa shape index (κ2) is 7.12. The zero-order valence-electron chi connectivity index (χ0n) is 12.6. The summed E-state index contributed by atoms with van der Waals surface area (Å²) in [5.74, 6) is 0.477. The monoisotopic (exact) mass is 263 g/mol. The van der Waals surface area contributed by atoms with Crippen LogP contribution in [0.4, 0.5) is 5.69 Å². The van der Waals surface area contributed by atoms with Gasteiger partial charge in [-0.05, 0) is 25.3 Å². The van der Waals surface area contributed by atoms with Crippen molar-refractivity contribution in [3.05, 3.63) is 24.0 Å². The number of carbonyl (C=O) groups is 1. The van der Waals surface area contributed by atoms with Gasteiger partial charge >= 0.3 is 0 Å². The molecule has 0 spiro atoms. The number of pyridine rings is 1. The number of hydrogen-bond donors (Lipinski definition) is 1. The third-order valence-electron chi connectivity index (χ3n) is 3.51. The highest BCUT2D eigenvalue weighted by Gasteiger charge is 2.21. The molecule has 1 aromatic rings. The maximum atomic E-state index is 12.5. The standard InChI is InChI=1S/C15H25N3O/c1-6-8-17-14-10-16-9-7-13(14)15(19)18(5)12(4)11(2)3/h7,9-12,17H,6,8H2,1-5H3. The van der Waals surface area contributed by atoms with Crippen LogP contribution in [0.5, 0.6) is 0 Å². The Labute approximate surface area is 116 Å². The molecule has 0 radical (unpaired) electrons. The van der Waals surface area contributed by atoms with Crippen LogP contribution in [0.15, 0.2) is 18.5 Å². The van der Waals surface area contributed by atoms with Crippen molar-refractivity contribution in [2.45, 2.75) is 40.2 Å². The summed E-state index contributed by atoms with van der Waals surface area (Å²) < 4.78 is 0. The van der Waals surface area contributed by atoms with E-state index in [1.165, 1.54) is 0 Å². The van der Waals surface area contributed by atoms with Crippen molar-refractivity contribution in [3.63, 3.8) is 0 Å². The number of aromatic nitrogens is 1. The summed E-state index contributed by atoms with van der Waals surface area (Å²) in [6.45, 7) is 9.25. The van der Waals surface area contributed by atoms with Gasteiger partial charge in [0.2, 0.25) is 0 Å². The fourth-order valence-electron chi connectivity index (χ4n) is 1.80. The number of carbonyl (C=O) groups excluding carboxylic acids is 1. The molecule has 0 saturated heterocycles. The molecule has 1 unspecified atom stereocenters. The van der Waals surface area contributed by atoms with E-state index in [-0.39, 0.29) is 11.9 Å². The zero-order valence-corrected chi connectivity index (χ0v) is 12.6. The predicted octanol–water partition coefficient (Wildman–Crippen LogP) is 3.02. The maximum Gasteiger partial charge on any atom is 0.256 e. The Bertz CT molecular complexity index is 418. The predicted molar refractivity (Wildman–Crippen MR) is 79.4 cm³/mol. The summed E-state index contributed by atoms with van der Waals surface area (Å²) in [5, 5.41) is 3.26. The van der Waals surface area contributed by atoms with Crippen LogP contribution in [-0.4, -0.2) is 35.4 Å². The van der Waals surface area contributed by atoms with Crippen molar-refractivity contribution in [2.24, 2.45) is 5.92 Å². The largest absolute Gasteiger partial charge is 0.383 e. The molecule has 0 aliphatic carbocycles. The van der Waals surface area contributed by atoms with E-state index >= 15 is 0 Å². The summed E-state index contributed by atoms with van der Waals surface area (Å²) in [6.07, 6.45) is 4.40. The Morgan fingerprint density at radius 3 is 2.68 bits per heavy atom. The second-order valence-electron chi connectivity index (χ2n) is 5.25. The van der Waals surface area contributed by atoms with E-state index in [4.69, 9.17) is 0 Å². The van der Waals surface area contributed by atoms with Crippen molar-refractivity contribution in [1.82, 2.24) is 9.88 Å². The number of rotatable bonds is 6. The van der Waals surface area contributed by atoms with Crippen LogP contribution in [0, 0.1) is 5.92 Å². The van der Waals surface area contributed by atoms with Gasteiger partial charge < -0.3 is 10.2 Å². The van der Waals surface area contributed by atoms with E-state index < -0.39 is 0 Å². The highest BCUT2D eigenvalue weighted by Crippen LogP contribution is 2.18. The van der Waals surface area contributed by atoms with Gasteiger partial charge in [-0.15, -0.1) is 0 Å². The lowest BCUT2D eigenvalue weighted by molar-refractivity contribution is 0.0708. The summed E-state index contributed by atoms with van der Waals surface area (Å²) in [7, 11) is 1.86. The van der Waals surface area contributed by atoms with E-state index in [1.54, 1.807) is 23.4 Å². The van der Waals surface area contributed by atoms with Gasteiger partial charge in [-0.3, -0.25) is 9.78 Å². The lowest BCUT2D eigenvalue weighted by atomic mass is 10.0. The molecule has 0 saturated carbocycles. The van der Waals surface area contributed by atoms with Gasteiger partial charge in [-0.1, -0.05) is 20.8 Å². The molecule has 0 bridgehead atoms. The smallest absolute Gasteiger partial charge is 0.256 e. The molecule has 1 N–H and O–H groups in total. The molecule has 1 atom stereocenters. The highest BCUT2D eigenvalue weighted by molar-refractivity contribution is 5.99. The van der Waals surface area contributed by atoms with Crippen LogP contribution in [0.3, 0.4) is 0 Å². The quantitative estimate of drug-likeness (QED) is 0.858. The van der Waals surface area contributed by atoms with E-state index in [0.29, 0.717) is 11.5 Å². The van der Waals surface area contributed by atoms with Crippen LogP contribution in [0.1, 0.15) is 44.5 Å². The summed E-state index contributed by atoms with van der Waals surface area (Å²) >= 11 is 0. The van der Waals surface area contributed by atoms with Crippen LogP contribution in [0.2, 0.25) is 0 Å². The van der Waals surface area contributed by atoms with Gasteiger partial charge in [-0.25, -0.2) is 0 Å². The molecule has 106 valence electrons. The average Bonchev–Trinajstić information content (AvgIpc) is 2.42. The molecule has 1 aromatic heterocycles. The zero-order chi connectivity index (χ0) is 14.4. The number of nitrogens with one attached hydrogen (secondary N) is 1.